The second-order valence-electron chi connectivity index (χ2n) is 5.75. The van der Waals surface area contributed by atoms with Gasteiger partial charge >= 0.3 is 0 Å². The van der Waals surface area contributed by atoms with Crippen molar-refractivity contribution in [2.45, 2.75) is 24.9 Å². The Morgan fingerprint density at radius 2 is 2.00 bits per heavy atom. The highest BCUT2D eigenvalue weighted by atomic mass is 32.2. The van der Waals surface area contributed by atoms with Crippen molar-refractivity contribution >= 4 is 16.0 Å². The van der Waals surface area contributed by atoms with Gasteiger partial charge in [0.2, 0.25) is 5.91 Å². The molecular weight excluding hydrogens is 320 g/mol. The Bertz CT molecular complexity index is 644. The molecule has 7 nitrogen and oxygen atoms in total. The van der Waals surface area contributed by atoms with Crippen LogP contribution in [0.25, 0.3) is 0 Å². The van der Waals surface area contributed by atoms with Gasteiger partial charge in [0, 0.05) is 19.5 Å². The van der Waals surface area contributed by atoms with Gasteiger partial charge < -0.3 is 15.4 Å². The molecule has 1 aromatic rings. The first kappa shape index (κ1) is 17.7. The number of nitrogens with one attached hydrogen (secondary N) is 2. The highest BCUT2D eigenvalue weighted by Gasteiger charge is 2.38. The molecule has 1 unspecified atom stereocenters. The smallest absolute Gasteiger partial charge is 0.264 e. The molecule has 128 valence electrons. The predicted molar refractivity (Wildman–Crippen MR) is 85.6 cm³/mol. The van der Waals surface area contributed by atoms with Crippen LogP contribution in [-0.4, -0.2) is 46.4 Å². The number of rotatable bonds is 8. The standard InChI is InChI=1S/C15H22N2O5S/c1-21-13-5-3-12(4-6-13)9-16-10-15(8-7-14(18)17-15)11-22-23(2,19)20/h3-6,16H,7-11H2,1-2H3,(H,17,18). The molecule has 0 aromatic heterocycles. The molecule has 2 rings (SSSR count). The molecule has 0 saturated carbocycles. The van der Waals surface area contributed by atoms with Crippen LogP contribution in [0.1, 0.15) is 18.4 Å². The van der Waals surface area contributed by atoms with E-state index in [0.29, 0.717) is 25.9 Å². The predicted octanol–water partition coefficient (Wildman–Crippen LogP) is 0.410. The largest absolute Gasteiger partial charge is 0.497 e. The lowest BCUT2D eigenvalue weighted by atomic mass is 9.98. The van der Waals surface area contributed by atoms with Crippen LogP contribution in [0.15, 0.2) is 24.3 Å². The van der Waals surface area contributed by atoms with E-state index in [9.17, 15) is 13.2 Å². The Labute approximate surface area is 136 Å². The number of benzene rings is 1. The quantitative estimate of drug-likeness (QED) is 0.665. The molecule has 8 heteroatoms. The molecule has 0 radical (unpaired) electrons. The Morgan fingerprint density at radius 1 is 1.30 bits per heavy atom. The van der Waals surface area contributed by atoms with E-state index in [1.807, 2.05) is 24.3 Å². The Kier molecular flexibility index (Phi) is 5.61. The van der Waals surface area contributed by atoms with Crippen molar-refractivity contribution in [3.05, 3.63) is 29.8 Å². The summed E-state index contributed by atoms with van der Waals surface area (Å²) in [6, 6.07) is 7.63. The van der Waals surface area contributed by atoms with Gasteiger partial charge in [0.25, 0.3) is 10.1 Å². The van der Waals surface area contributed by atoms with E-state index >= 15 is 0 Å². The van der Waals surface area contributed by atoms with E-state index in [0.717, 1.165) is 17.6 Å². The Morgan fingerprint density at radius 3 is 2.52 bits per heavy atom. The molecule has 0 aliphatic carbocycles. The third-order valence-electron chi connectivity index (χ3n) is 3.74. The zero-order chi connectivity index (χ0) is 16.9. The molecular formula is C15H22N2O5S. The van der Waals surface area contributed by atoms with E-state index in [2.05, 4.69) is 10.6 Å². The summed E-state index contributed by atoms with van der Waals surface area (Å²) in [5.74, 6) is 0.697. The van der Waals surface area contributed by atoms with Gasteiger partial charge in [-0.15, -0.1) is 0 Å². The molecule has 1 aliphatic rings. The number of carbonyl (C=O) groups excluding carboxylic acids is 1. The molecule has 0 spiro atoms. The van der Waals surface area contributed by atoms with E-state index in [1.54, 1.807) is 7.11 Å². The summed E-state index contributed by atoms with van der Waals surface area (Å²) < 4.78 is 32.4. The molecule has 1 atom stereocenters. The van der Waals surface area contributed by atoms with Gasteiger partial charge in [0.05, 0.1) is 25.5 Å². The highest BCUT2D eigenvalue weighted by molar-refractivity contribution is 7.85. The zero-order valence-electron chi connectivity index (χ0n) is 13.3. The van der Waals surface area contributed by atoms with Crippen molar-refractivity contribution in [2.75, 3.05) is 26.5 Å². The van der Waals surface area contributed by atoms with E-state index in [4.69, 9.17) is 8.92 Å². The van der Waals surface area contributed by atoms with Gasteiger partial charge in [0.15, 0.2) is 0 Å². The van der Waals surface area contributed by atoms with Gasteiger partial charge in [-0.25, -0.2) is 0 Å². The second-order valence-corrected chi connectivity index (χ2v) is 7.39. The van der Waals surface area contributed by atoms with Crippen LogP contribution in [0.5, 0.6) is 5.75 Å². The van der Waals surface area contributed by atoms with Crippen LogP contribution < -0.4 is 15.4 Å². The third kappa shape index (κ3) is 5.49. The average Bonchev–Trinajstić information content (AvgIpc) is 2.87. The fourth-order valence-corrected chi connectivity index (χ4v) is 2.91. The molecule has 1 amide bonds. The second kappa shape index (κ2) is 7.29. The summed E-state index contributed by atoms with van der Waals surface area (Å²) in [5, 5.41) is 6.08. The lowest BCUT2D eigenvalue weighted by Crippen LogP contribution is -2.53. The molecule has 1 aliphatic heterocycles. The first-order valence-electron chi connectivity index (χ1n) is 7.31. The van der Waals surface area contributed by atoms with Crippen LogP contribution >= 0.6 is 0 Å². The lowest BCUT2D eigenvalue weighted by Gasteiger charge is -2.28. The van der Waals surface area contributed by atoms with Crippen molar-refractivity contribution in [3.63, 3.8) is 0 Å². The van der Waals surface area contributed by atoms with Crippen LogP contribution in [0.4, 0.5) is 0 Å². The van der Waals surface area contributed by atoms with Crippen LogP contribution in [-0.2, 0) is 25.6 Å². The van der Waals surface area contributed by atoms with Gasteiger partial charge in [-0.3, -0.25) is 8.98 Å². The minimum atomic E-state index is -3.55. The maximum Gasteiger partial charge on any atom is 0.264 e. The van der Waals surface area contributed by atoms with Gasteiger partial charge in [-0.1, -0.05) is 12.1 Å². The molecule has 0 bridgehead atoms. The summed E-state index contributed by atoms with van der Waals surface area (Å²) >= 11 is 0. The van der Waals surface area contributed by atoms with Crippen molar-refractivity contribution in [2.24, 2.45) is 0 Å². The molecule has 1 heterocycles. The van der Waals surface area contributed by atoms with Crippen LogP contribution in [0, 0.1) is 0 Å². The van der Waals surface area contributed by atoms with Crippen LogP contribution in [0.3, 0.4) is 0 Å². The van der Waals surface area contributed by atoms with Gasteiger partial charge in [-0.05, 0) is 24.1 Å². The normalized spacial score (nSPS) is 21.2. The van der Waals surface area contributed by atoms with Gasteiger partial charge in [-0.2, -0.15) is 8.42 Å². The zero-order valence-corrected chi connectivity index (χ0v) is 14.1. The topological polar surface area (TPSA) is 93.7 Å². The number of amides is 1. The molecule has 1 saturated heterocycles. The van der Waals surface area contributed by atoms with Crippen molar-refractivity contribution in [3.8, 4) is 5.75 Å². The van der Waals surface area contributed by atoms with E-state index in [1.165, 1.54) is 0 Å². The van der Waals surface area contributed by atoms with E-state index in [-0.39, 0.29) is 12.5 Å². The lowest BCUT2D eigenvalue weighted by molar-refractivity contribution is -0.120. The fraction of sp³-hybridized carbons (Fsp3) is 0.533. The minimum Gasteiger partial charge on any atom is -0.497 e. The SMILES string of the molecule is COc1ccc(CNCC2(COS(C)(=O)=O)CCC(=O)N2)cc1. The number of hydrogen-bond donors (Lipinski definition) is 2. The molecule has 1 fully saturated rings. The Balaban J connectivity index is 1.91. The fourth-order valence-electron chi connectivity index (χ4n) is 2.47. The number of ether oxygens (including phenoxy) is 1. The van der Waals surface area contributed by atoms with Crippen molar-refractivity contribution in [1.82, 2.24) is 10.6 Å². The van der Waals surface area contributed by atoms with Crippen LogP contribution in [0.2, 0.25) is 0 Å². The minimum absolute atomic E-state index is 0.0623. The summed E-state index contributed by atoms with van der Waals surface area (Å²) in [6.45, 7) is 0.966. The van der Waals surface area contributed by atoms with E-state index < -0.39 is 15.7 Å². The number of hydrogen-bond acceptors (Lipinski definition) is 6. The van der Waals surface area contributed by atoms with Gasteiger partial charge in [0.1, 0.15) is 5.75 Å². The third-order valence-corrected chi connectivity index (χ3v) is 4.28. The highest BCUT2D eigenvalue weighted by Crippen LogP contribution is 2.21. The summed E-state index contributed by atoms with van der Waals surface area (Å²) in [7, 11) is -1.93. The van der Waals surface area contributed by atoms with Crippen molar-refractivity contribution < 1.29 is 22.1 Å². The molecule has 1 aromatic carbocycles. The summed E-state index contributed by atoms with van der Waals surface area (Å²) in [5.41, 5.74) is 0.376. The maximum absolute atomic E-state index is 11.5. The monoisotopic (exact) mass is 342 g/mol. The maximum atomic E-state index is 11.5. The average molecular weight is 342 g/mol. The van der Waals surface area contributed by atoms with Crippen molar-refractivity contribution in [1.29, 1.82) is 0 Å². The Hall–Kier alpha value is -1.64. The first-order valence-corrected chi connectivity index (χ1v) is 9.13. The summed E-state index contributed by atoms with van der Waals surface area (Å²) in [4.78, 5) is 11.5. The number of carbonyl (C=O) groups is 1. The summed E-state index contributed by atoms with van der Waals surface area (Å²) in [6.07, 6.45) is 1.91. The molecule has 2 N–H and O–H groups in total. The first-order chi connectivity index (χ1) is 10.8. The molecule has 23 heavy (non-hydrogen) atoms. The number of methoxy groups -OCH3 is 1.